The molecule has 0 bridgehead atoms. The van der Waals surface area contributed by atoms with Gasteiger partial charge >= 0.3 is 0 Å². The molecule has 0 unspecified atom stereocenters. The second-order valence-electron chi connectivity index (χ2n) is 5.34. The number of thiazole rings is 1. The molecule has 106 valence electrons. The topological polar surface area (TPSA) is 45.2 Å². The summed E-state index contributed by atoms with van der Waals surface area (Å²) in [5, 5.41) is 14.0. The Morgan fingerprint density at radius 2 is 2.05 bits per heavy atom. The van der Waals surface area contributed by atoms with E-state index in [0.29, 0.717) is 5.75 Å². The molecule has 2 aromatic rings. The Morgan fingerprint density at radius 3 is 2.70 bits per heavy atom. The van der Waals surface area contributed by atoms with Crippen molar-refractivity contribution >= 4 is 11.3 Å². The maximum atomic E-state index is 9.37. The number of benzene rings is 1. The summed E-state index contributed by atoms with van der Waals surface area (Å²) in [5.74, 6) is 0.301. The molecule has 3 rings (SSSR count). The molecule has 1 saturated carbocycles. The van der Waals surface area contributed by atoms with Crippen molar-refractivity contribution in [3.8, 4) is 16.3 Å². The molecule has 1 aromatic carbocycles. The SMILES string of the molecule is CCCc1nc(-c2ccc(O)cc2)sc1CNC1CC1. The molecule has 1 aliphatic rings. The summed E-state index contributed by atoms with van der Waals surface area (Å²) in [5.41, 5.74) is 2.32. The average Bonchev–Trinajstić information content (AvgIpc) is 3.19. The van der Waals surface area contributed by atoms with Crippen LogP contribution in [-0.4, -0.2) is 16.1 Å². The van der Waals surface area contributed by atoms with Crippen molar-refractivity contribution in [1.29, 1.82) is 0 Å². The highest BCUT2D eigenvalue weighted by molar-refractivity contribution is 7.15. The molecule has 4 heteroatoms. The number of nitrogens with one attached hydrogen (secondary N) is 1. The van der Waals surface area contributed by atoms with Gasteiger partial charge in [-0.3, -0.25) is 0 Å². The summed E-state index contributed by atoms with van der Waals surface area (Å²) in [7, 11) is 0. The number of nitrogens with zero attached hydrogens (tertiary/aromatic N) is 1. The third-order valence-corrected chi connectivity index (χ3v) is 4.65. The minimum atomic E-state index is 0.301. The molecule has 0 radical (unpaired) electrons. The first kappa shape index (κ1) is 13.6. The van der Waals surface area contributed by atoms with Crippen molar-refractivity contribution in [1.82, 2.24) is 10.3 Å². The van der Waals surface area contributed by atoms with Crippen molar-refractivity contribution in [2.75, 3.05) is 0 Å². The Labute approximate surface area is 123 Å². The zero-order valence-corrected chi connectivity index (χ0v) is 12.5. The number of aromatic nitrogens is 1. The number of aryl methyl sites for hydroxylation is 1. The molecule has 1 heterocycles. The van der Waals surface area contributed by atoms with Gasteiger partial charge in [-0.1, -0.05) is 13.3 Å². The molecular weight excluding hydrogens is 268 g/mol. The molecule has 3 nitrogen and oxygen atoms in total. The second-order valence-corrected chi connectivity index (χ2v) is 6.42. The van der Waals surface area contributed by atoms with Crippen molar-refractivity contribution in [2.45, 2.75) is 45.2 Å². The van der Waals surface area contributed by atoms with Gasteiger partial charge < -0.3 is 10.4 Å². The maximum absolute atomic E-state index is 9.37. The van der Waals surface area contributed by atoms with Crippen molar-refractivity contribution in [2.24, 2.45) is 0 Å². The van der Waals surface area contributed by atoms with Crippen LogP contribution in [0.3, 0.4) is 0 Å². The van der Waals surface area contributed by atoms with E-state index in [0.717, 1.165) is 36.0 Å². The van der Waals surface area contributed by atoms with Crippen LogP contribution < -0.4 is 5.32 Å². The van der Waals surface area contributed by atoms with E-state index in [1.807, 2.05) is 12.1 Å². The molecule has 2 N–H and O–H groups in total. The lowest BCUT2D eigenvalue weighted by Gasteiger charge is -2.01. The Kier molecular flexibility index (Phi) is 4.03. The standard InChI is InChI=1S/C16H20N2OS/c1-2-3-14-15(10-17-12-6-7-12)20-16(18-14)11-4-8-13(19)9-5-11/h4-5,8-9,12,17,19H,2-3,6-7,10H2,1H3. The van der Waals surface area contributed by atoms with Crippen LogP contribution in [0.5, 0.6) is 5.75 Å². The van der Waals surface area contributed by atoms with E-state index in [9.17, 15) is 5.11 Å². The quantitative estimate of drug-likeness (QED) is 0.851. The van der Waals surface area contributed by atoms with Gasteiger partial charge in [-0.05, 0) is 43.5 Å². The lowest BCUT2D eigenvalue weighted by molar-refractivity contribution is 0.475. The number of hydrogen-bond donors (Lipinski definition) is 2. The van der Waals surface area contributed by atoms with Crippen molar-refractivity contribution < 1.29 is 5.11 Å². The fourth-order valence-electron chi connectivity index (χ4n) is 2.21. The smallest absolute Gasteiger partial charge is 0.123 e. The summed E-state index contributed by atoms with van der Waals surface area (Å²) in [6.07, 6.45) is 4.78. The third-order valence-electron chi connectivity index (χ3n) is 3.51. The van der Waals surface area contributed by atoms with Crippen LogP contribution in [0.25, 0.3) is 10.6 Å². The van der Waals surface area contributed by atoms with Gasteiger partial charge in [0.05, 0.1) is 5.69 Å². The molecule has 0 amide bonds. The molecule has 0 aliphatic heterocycles. The minimum absolute atomic E-state index is 0.301. The number of aromatic hydroxyl groups is 1. The van der Waals surface area contributed by atoms with Gasteiger partial charge in [0, 0.05) is 23.0 Å². The number of phenols is 1. The lowest BCUT2D eigenvalue weighted by atomic mass is 10.2. The monoisotopic (exact) mass is 288 g/mol. The molecule has 1 fully saturated rings. The molecule has 0 saturated heterocycles. The number of phenolic OH excluding ortho intramolecular Hbond substituents is 1. The second kappa shape index (κ2) is 5.94. The predicted molar refractivity (Wildman–Crippen MR) is 83.1 cm³/mol. The van der Waals surface area contributed by atoms with Gasteiger partial charge in [0.15, 0.2) is 0 Å². The maximum Gasteiger partial charge on any atom is 0.123 e. The predicted octanol–water partition coefficient (Wildman–Crippen LogP) is 3.72. The van der Waals surface area contributed by atoms with E-state index in [-0.39, 0.29) is 0 Å². The lowest BCUT2D eigenvalue weighted by Crippen LogP contribution is -2.15. The minimum Gasteiger partial charge on any atom is -0.508 e. The molecule has 0 spiro atoms. The van der Waals surface area contributed by atoms with E-state index >= 15 is 0 Å². The van der Waals surface area contributed by atoms with E-state index in [1.165, 1.54) is 23.4 Å². The van der Waals surface area contributed by atoms with Crippen LogP contribution >= 0.6 is 11.3 Å². The summed E-state index contributed by atoms with van der Waals surface area (Å²) < 4.78 is 0. The van der Waals surface area contributed by atoms with Crippen LogP contribution in [0.4, 0.5) is 0 Å². The molecular formula is C16H20N2OS. The highest BCUT2D eigenvalue weighted by atomic mass is 32.1. The Morgan fingerprint density at radius 1 is 1.30 bits per heavy atom. The third kappa shape index (κ3) is 3.19. The van der Waals surface area contributed by atoms with Crippen molar-refractivity contribution in [3.63, 3.8) is 0 Å². The Hall–Kier alpha value is -1.39. The van der Waals surface area contributed by atoms with Crippen LogP contribution in [0, 0.1) is 0 Å². The zero-order chi connectivity index (χ0) is 13.9. The van der Waals surface area contributed by atoms with Gasteiger partial charge in [-0.15, -0.1) is 11.3 Å². The molecule has 0 atom stereocenters. The normalized spacial score (nSPS) is 14.7. The molecule has 20 heavy (non-hydrogen) atoms. The molecule has 1 aromatic heterocycles. The largest absolute Gasteiger partial charge is 0.508 e. The fraction of sp³-hybridized carbons (Fsp3) is 0.438. The summed E-state index contributed by atoms with van der Waals surface area (Å²) in [6.45, 7) is 3.13. The number of hydrogen-bond acceptors (Lipinski definition) is 4. The summed E-state index contributed by atoms with van der Waals surface area (Å²) in [6, 6.07) is 8.03. The first-order valence-electron chi connectivity index (χ1n) is 7.27. The average molecular weight is 288 g/mol. The first-order chi connectivity index (χ1) is 9.76. The zero-order valence-electron chi connectivity index (χ0n) is 11.7. The highest BCUT2D eigenvalue weighted by Gasteiger charge is 2.21. The van der Waals surface area contributed by atoms with E-state index < -0.39 is 0 Å². The molecule has 1 aliphatic carbocycles. The van der Waals surface area contributed by atoms with Gasteiger partial charge in [-0.25, -0.2) is 4.98 Å². The van der Waals surface area contributed by atoms with Crippen LogP contribution in [0.15, 0.2) is 24.3 Å². The Bertz CT molecular complexity index is 573. The van der Waals surface area contributed by atoms with E-state index in [1.54, 1.807) is 23.5 Å². The van der Waals surface area contributed by atoms with Crippen LogP contribution in [0.2, 0.25) is 0 Å². The van der Waals surface area contributed by atoms with Gasteiger partial charge in [0.25, 0.3) is 0 Å². The van der Waals surface area contributed by atoms with Crippen LogP contribution in [0.1, 0.15) is 36.8 Å². The van der Waals surface area contributed by atoms with E-state index in [2.05, 4.69) is 12.2 Å². The fourth-order valence-corrected chi connectivity index (χ4v) is 3.27. The van der Waals surface area contributed by atoms with Gasteiger partial charge in [0.1, 0.15) is 10.8 Å². The van der Waals surface area contributed by atoms with E-state index in [4.69, 9.17) is 4.98 Å². The van der Waals surface area contributed by atoms with Crippen molar-refractivity contribution in [3.05, 3.63) is 34.8 Å². The summed E-state index contributed by atoms with van der Waals surface area (Å²) in [4.78, 5) is 6.16. The number of rotatable bonds is 6. The highest BCUT2D eigenvalue weighted by Crippen LogP contribution is 2.30. The Balaban J connectivity index is 1.82. The van der Waals surface area contributed by atoms with Crippen LogP contribution in [-0.2, 0) is 13.0 Å². The van der Waals surface area contributed by atoms with Gasteiger partial charge in [-0.2, -0.15) is 0 Å². The summed E-state index contributed by atoms with van der Waals surface area (Å²) >= 11 is 1.77. The first-order valence-corrected chi connectivity index (χ1v) is 8.09. The van der Waals surface area contributed by atoms with Gasteiger partial charge in [0.2, 0.25) is 0 Å².